The Morgan fingerprint density at radius 3 is 2.62 bits per heavy atom. The molecule has 2 atom stereocenters. The van der Waals surface area contributed by atoms with E-state index in [1.807, 2.05) is 60.7 Å². The summed E-state index contributed by atoms with van der Waals surface area (Å²) in [4.78, 5) is 26.3. The van der Waals surface area contributed by atoms with E-state index in [2.05, 4.69) is 28.8 Å². The van der Waals surface area contributed by atoms with E-state index in [1.54, 1.807) is 0 Å². The molecule has 1 aliphatic heterocycles. The van der Waals surface area contributed by atoms with Crippen LogP contribution in [-0.4, -0.2) is 25.0 Å². The average molecular weight is 425 g/mol. The molecule has 3 aliphatic rings. The highest BCUT2D eigenvalue weighted by Gasteiger charge is 2.35. The van der Waals surface area contributed by atoms with Crippen LogP contribution in [0.1, 0.15) is 29.2 Å². The van der Waals surface area contributed by atoms with Gasteiger partial charge in [0.25, 0.3) is 5.91 Å². The first-order valence-corrected chi connectivity index (χ1v) is 10.8. The quantitative estimate of drug-likeness (QED) is 0.734. The van der Waals surface area contributed by atoms with Crippen molar-refractivity contribution in [3.8, 4) is 0 Å². The largest absolute Gasteiger partial charge is 0.467 e. The number of rotatable bonds is 4. The number of nitrogens with one attached hydrogen (secondary N) is 2. The highest BCUT2D eigenvalue weighted by atomic mass is 16.5. The van der Waals surface area contributed by atoms with Crippen LogP contribution in [0.5, 0.6) is 0 Å². The minimum atomic E-state index is -0.877. The van der Waals surface area contributed by atoms with Crippen LogP contribution >= 0.6 is 0 Å². The van der Waals surface area contributed by atoms with Crippen molar-refractivity contribution in [3.63, 3.8) is 0 Å². The third-order valence-corrected chi connectivity index (χ3v) is 6.22. The number of esters is 1. The van der Waals surface area contributed by atoms with Crippen LogP contribution in [0.15, 0.2) is 95.6 Å². The van der Waals surface area contributed by atoms with Gasteiger partial charge >= 0.3 is 5.97 Å². The number of fused-ring (bicyclic) bond motifs is 3. The summed E-state index contributed by atoms with van der Waals surface area (Å²) in [6, 6.07) is 16.5. The molecule has 1 heterocycles. The van der Waals surface area contributed by atoms with Crippen LogP contribution in [0.2, 0.25) is 0 Å². The number of amides is 1. The van der Waals surface area contributed by atoms with Crippen molar-refractivity contribution in [2.75, 3.05) is 7.11 Å². The second-order valence-corrected chi connectivity index (χ2v) is 8.05. The molecule has 0 saturated heterocycles. The molecular formula is C27H24N2O3. The van der Waals surface area contributed by atoms with Gasteiger partial charge in [0.05, 0.1) is 18.7 Å². The molecule has 0 aromatic heterocycles. The van der Waals surface area contributed by atoms with Gasteiger partial charge in [0.2, 0.25) is 0 Å². The van der Waals surface area contributed by atoms with Gasteiger partial charge < -0.3 is 15.4 Å². The van der Waals surface area contributed by atoms with E-state index in [-0.39, 0.29) is 11.9 Å². The van der Waals surface area contributed by atoms with E-state index in [0.29, 0.717) is 11.1 Å². The van der Waals surface area contributed by atoms with E-state index in [9.17, 15) is 9.59 Å². The maximum absolute atomic E-state index is 13.7. The van der Waals surface area contributed by atoms with E-state index in [1.165, 1.54) is 12.7 Å². The van der Waals surface area contributed by atoms with Gasteiger partial charge in [0.1, 0.15) is 0 Å². The minimum Gasteiger partial charge on any atom is -0.467 e. The molecule has 2 aliphatic carbocycles. The molecular weight excluding hydrogens is 400 g/mol. The van der Waals surface area contributed by atoms with E-state index >= 15 is 0 Å². The molecule has 0 bridgehead atoms. The van der Waals surface area contributed by atoms with Crippen molar-refractivity contribution >= 4 is 17.6 Å². The van der Waals surface area contributed by atoms with E-state index in [0.717, 1.165) is 35.2 Å². The summed E-state index contributed by atoms with van der Waals surface area (Å²) in [5, 5.41) is 6.58. The molecule has 2 N–H and O–H groups in total. The highest BCUT2D eigenvalue weighted by Crippen LogP contribution is 2.40. The SMILES string of the molecule is COC(=O)C(NC(=O)C1=C2C=CC=CC2NC2=C1CCc1ccccc12)c1ccccc1. The van der Waals surface area contributed by atoms with Crippen LogP contribution in [-0.2, 0) is 20.7 Å². The Bertz CT molecular complexity index is 1200. The van der Waals surface area contributed by atoms with Gasteiger partial charge in [-0.15, -0.1) is 0 Å². The normalized spacial score (nSPS) is 19.3. The van der Waals surface area contributed by atoms with Crippen molar-refractivity contribution in [1.29, 1.82) is 0 Å². The van der Waals surface area contributed by atoms with Crippen LogP contribution in [0.4, 0.5) is 0 Å². The van der Waals surface area contributed by atoms with Gasteiger partial charge in [-0.1, -0.05) is 78.9 Å². The van der Waals surface area contributed by atoms with Crippen molar-refractivity contribution in [2.24, 2.45) is 0 Å². The number of aryl methyl sites for hydroxylation is 1. The first kappa shape index (κ1) is 20.1. The summed E-state index contributed by atoms with van der Waals surface area (Å²) in [5.74, 6) is -0.763. The number of benzene rings is 2. The average Bonchev–Trinajstić information content (AvgIpc) is 2.85. The Balaban J connectivity index is 1.58. The summed E-state index contributed by atoms with van der Waals surface area (Å²) in [7, 11) is 1.33. The Labute approximate surface area is 187 Å². The highest BCUT2D eigenvalue weighted by molar-refractivity contribution is 6.05. The fourth-order valence-electron chi connectivity index (χ4n) is 4.69. The molecule has 5 nitrogen and oxygen atoms in total. The zero-order valence-corrected chi connectivity index (χ0v) is 17.8. The summed E-state index contributed by atoms with van der Waals surface area (Å²) in [5.41, 5.74) is 6.64. The number of hydrogen-bond donors (Lipinski definition) is 2. The Hall–Kier alpha value is -3.86. The summed E-state index contributed by atoms with van der Waals surface area (Å²) in [6.07, 6.45) is 9.58. The number of dihydropyridines is 1. The van der Waals surface area contributed by atoms with Crippen LogP contribution < -0.4 is 10.6 Å². The molecule has 0 radical (unpaired) electrons. The second kappa shape index (κ2) is 8.35. The monoisotopic (exact) mass is 424 g/mol. The summed E-state index contributed by atoms with van der Waals surface area (Å²) < 4.78 is 5.00. The van der Waals surface area contributed by atoms with Crippen molar-refractivity contribution in [2.45, 2.75) is 24.9 Å². The zero-order valence-electron chi connectivity index (χ0n) is 17.8. The Morgan fingerprint density at radius 2 is 1.81 bits per heavy atom. The van der Waals surface area contributed by atoms with Gasteiger partial charge in [0.15, 0.2) is 6.04 Å². The summed E-state index contributed by atoms with van der Waals surface area (Å²) >= 11 is 0. The molecule has 160 valence electrons. The number of methoxy groups -OCH3 is 1. The summed E-state index contributed by atoms with van der Waals surface area (Å²) in [6.45, 7) is 0. The van der Waals surface area contributed by atoms with Gasteiger partial charge in [0, 0.05) is 11.3 Å². The van der Waals surface area contributed by atoms with Crippen LogP contribution in [0.25, 0.3) is 5.70 Å². The van der Waals surface area contributed by atoms with Crippen molar-refractivity contribution in [1.82, 2.24) is 10.6 Å². The van der Waals surface area contributed by atoms with Crippen molar-refractivity contribution < 1.29 is 14.3 Å². The number of hydrogen-bond acceptors (Lipinski definition) is 4. The van der Waals surface area contributed by atoms with E-state index in [4.69, 9.17) is 4.74 Å². The molecule has 2 unspecified atom stereocenters. The second-order valence-electron chi connectivity index (χ2n) is 8.05. The third-order valence-electron chi connectivity index (χ3n) is 6.22. The molecule has 32 heavy (non-hydrogen) atoms. The predicted octanol–water partition coefficient (Wildman–Crippen LogP) is 3.77. The molecule has 0 saturated carbocycles. The standard InChI is InChI=1S/C27H24N2O3/c1-32-27(31)24(18-10-3-2-4-11-18)29-26(30)23-20-13-7-8-14-22(20)28-25-19-12-6-5-9-17(19)15-16-21(23)25/h2-14,22,24,28H,15-16H2,1H3,(H,29,30). The molecule has 0 spiro atoms. The predicted molar refractivity (Wildman–Crippen MR) is 123 cm³/mol. The zero-order chi connectivity index (χ0) is 22.1. The third kappa shape index (κ3) is 3.46. The maximum atomic E-state index is 13.7. The lowest BCUT2D eigenvalue weighted by Crippen LogP contribution is -2.41. The number of ether oxygens (including phenoxy) is 1. The lowest BCUT2D eigenvalue weighted by molar-refractivity contribution is -0.144. The van der Waals surface area contributed by atoms with Gasteiger partial charge in [-0.2, -0.15) is 0 Å². The minimum absolute atomic E-state index is 0.0982. The van der Waals surface area contributed by atoms with Crippen LogP contribution in [0, 0.1) is 0 Å². The molecule has 5 heteroatoms. The number of allylic oxidation sites excluding steroid dienone is 2. The first-order valence-electron chi connectivity index (χ1n) is 10.8. The number of carbonyl (C=O) groups excluding carboxylic acids is 2. The first-order chi connectivity index (χ1) is 15.7. The molecule has 5 rings (SSSR count). The topological polar surface area (TPSA) is 67.4 Å². The van der Waals surface area contributed by atoms with Gasteiger partial charge in [-0.05, 0) is 35.1 Å². The molecule has 1 amide bonds. The van der Waals surface area contributed by atoms with E-state index < -0.39 is 12.0 Å². The fourth-order valence-corrected chi connectivity index (χ4v) is 4.69. The fraction of sp³-hybridized carbons (Fsp3) is 0.185. The Morgan fingerprint density at radius 1 is 1.03 bits per heavy atom. The lowest BCUT2D eigenvalue weighted by atomic mass is 9.79. The molecule has 2 aromatic rings. The maximum Gasteiger partial charge on any atom is 0.333 e. The van der Waals surface area contributed by atoms with Crippen molar-refractivity contribution in [3.05, 3.63) is 112 Å². The van der Waals surface area contributed by atoms with Gasteiger partial charge in [-0.3, -0.25) is 4.79 Å². The lowest BCUT2D eigenvalue weighted by Gasteiger charge is -2.36. The molecule has 2 aromatic carbocycles. The molecule has 0 fully saturated rings. The van der Waals surface area contributed by atoms with Gasteiger partial charge in [-0.25, -0.2) is 4.79 Å². The smallest absolute Gasteiger partial charge is 0.333 e. The number of carbonyl (C=O) groups is 2. The Kier molecular flexibility index (Phi) is 5.23. The van der Waals surface area contributed by atoms with Crippen LogP contribution in [0.3, 0.4) is 0 Å².